The number of amides is 1. The summed E-state index contributed by atoms with van der Waals surface area (Å²) >= 11 is 0. The number of aldehydes is 1. The van der Waals surface area contributed by atoms with E-state index < -0.39 is 11.6 Å². The second-order valence-electron chi connectivity index (χ2n) is 7.26. The molecule has 2 aliphatic rings. The molecule has 1 N–H and O–H groups in total. The van der Waals surface area contributed by atoms with Crippen molar-refractivity contribution < 1.29 is 14.7 Å². The molecule has 1 aromatic carbocycles. The van der Waals surface area contributed by atoms with Gasteiger partial charge in [0.15, 0.2) is 0 Å². The van der Waals surface area contributed by atoms with Crippen molar-refractivity contribution in [3.8, 4) is 0 Å². The third kappa shape index (κ3) is 3.58. The molecule has 6 heteroatoms. The van der Waals surface area contributed by atoms with Crippen LogP contribution in [0.5, 0.6) is 0 Å². The lowest BCUT2D eigenvalue weighted by atomic mass is 9.89. The molecule has 1 unspecified atom stereocenters. The molecule has 0 radical (unpaired) electrons. The number of aliphatic hydroxyl groups is 1. The van der Waals surface area contributed by atoms with Crippen LogP contribution in [0.4, 0.5) is 5.69 Å². The van der Waals surface area contributed by atoms with Crippen LogP contribution >= 0.6 is 0 Å². The summed E-state index contributed by atoms with van der Waals surface area (Å²) in [5.74, 6) is 0.0950. The first-order chi connectivity index (χ1) is 11.9. The van der Waals surface area contributed by atoms with E-state index in [0.29, 0.717) is 32.5 Å². The molecule has 1 atom stereocenters. The van der Waals surface area contributed by atoms with Crippen molar-refractivity contribution in [2.45, 2.75) is 38.3 Å². The predicted octanol–water partition coefficient (Wildman–Crippen LogP) is 1.91. The van der Waals surface area contributed by atoms with Crippen LogP contribution in [0.25, 0.3) is 0 Å². The van der Waals surface area contributed by atoms with Gasteiger partial charge < -0.3 is 19.7 Å². The van der Waals surface area contributed by atoms with E-state index in [1.54, 1.807) is 11.2 Å². The Morgan fingerprint density at radius 3 is 2.68 bits per heavy atom. The Labute approximate surface area is 148 Å². The molecule has 3 rings (SSSR count). The first-order valence-corrected chi connectivity index (χ1v) is 8.79. The number of likely N-dealkylation sites (tertiary alicyclic amines) is 1. The molecule has 1 saturated heterocycles. The number of aliphatic imine (C=N–C) groups is 1. The number of piperidine rings is 1. The molecule has 1 amide bonds. The summed E-state index contributed by atoms with van der Waals surface area (Å²) in [7, 11) is 0. The monoisotopic (exact) mass is 343 g/mol. The summed E-state index contributed by atoms with van der Waals surface area (Å²) in [6.45, 7) is 5.19. The van der Waals surface area contributed by atoms with Crippen molar-refractivity contribution >= 4 is 24.2 Å². The third-order valence-electron chi connectivity index (χ3n) is 5.06. The van der Waals surface area contributed by atoms with E-state index in [2.05, 4.69) is 4.99 Å². The minimum atomic E-state index is -0.923. The van der Waals surface area contributed by atoms with Gasteiger partial charge in [-0.2, -0.15) is 0 Å². The molecule has 0 saturated carbocycles. The highest BCUT2D eigenvalue weighted by atomic mass is 16.3. The first kappa shape index (κ1) is 17.6. The van der Waals surface area contributed by atoms with Crippen LogP contribution in [0, 0.1) is 5.92 Å². The van der Waals surface area contributed by atoms with E-state index in [0.717, 1.165) is 17.5 Å². The van der Waals surface area contributed by atoms with Crippen LogP contribution in [0.3, 0.4) is 0 Å². The molecule has 0 spiro atoms. The summed E-state index contributed by atoms with van der Waals surface area (Å²) in [4.78, 5) is 31.8. The number of rotatable bonds is 4. The van der Waals surface area contributed by atoms with Crippen LogP contribution in [0.1, 0.15) is 38.3 Å². The lowest BCUT2D eigenvalue weighted by molar-refractivity contribution is -0.139. The molecular weight excluding hydrogens is 318 g/mol. The van der Waals surface area contributed by atoms with E-state index in [-0.39, 0.29) is 11.8 Å². The average molecular weight is 343 g/mol. The lowest BCUT2D eigenvalue weighted by Crippen LogP contribution is -2.53. The van der Waals surface area contributed by atoms with E-state index in [1.807, 2.05) is 43.0 Å². The summed E-state index contributed by atoms with van der Waals surface area (Å²) in [5.41, 5.74) is 0.726. The van der Waals surface area contributed by atoms with Gasteiger partial charge in [0.2, 0.25) is 5.91 Å². The summed E-state index contributed by atoms with van der Waals surface area (Å²) in [5, 5.41) is 11.0. The third-order valence-corrected chi connectivity index (χ3v) is 5.06. The highest BCUT2D eigenvalue weighted by Crippen LogP contribution is 2.34. The van der Waals surface area contributed by atoms with E-state index in [1.165, 1.54) is 0 Å². The van der Waals surface area contributed by atoms with Gasteiger partial charge in [-0.3, -0.25) is 4.79 Å². The highest BCUT2D eigenvalue weighted by Gasteiger charge is 2.38. The number of nitrogens with zero attached hydrogens (tertiary/aromatic N) is 3. The van der Waals surface area contributed by atoms with E-state index >= 15 is 0 Å². The Balaban J connectivity index is 1.69. The van der Waals surface area contributed by atoms with Crippen LogP contribution in [0.2, 0.25) is 0 Å². The smallest absolute Gasteiger partial charge is 0.225 e. The van der Waals surface area contributed by atoms with Gasteiger partial charge in [0.25, 0.3) is 0 Å². The molecule has 0 aromatic heterocycles. The largest absolute Gasteiger partial charge is 0.388 e. The quantitative estimate of drug-likeness (QED) is 0.848. The Kier molecular flexibility index (Phi) is 4.90. The molecular formula is C19H25N3O3. The molecule has 0 bridgehead atoms. The van der Waals surface area contributed by atoms with Gasteiger partial charge in [-0.1, -0.05) is 32.0 Å². The maximum Gasteiger partial charge on any atom is 0.225 e. The minimum Gasteiger partial charge on any atom is -0.388 e. The summed E-state index contributed by atoms with van der Waals surface area (Å²) < 4.78 is 0. The van der Waals surface area contributed by atoms with Crippen LogP contribution in [-0.4, -0.2) is 58.7 Å². The van der Waals surface area contributed by atoms with Gasteiger partial charge in [-0.05, 0) is 18.9 Å². The molecule has 1 aromatic rings. The van der Waals surface area contributed by atoms with Crippen molar-refractivity contribution in [3.63, 3.8) is 0 Å². The fourth-order valence-electron chi connectivity index (χ4n) is 3.54. The topological polar surface area (TPSA) is 73.2 Å². The second-order valence-corrected chi connectivity index (χ2v) is 7.26. The van der Waals surface area contributed by atoms with E-state index in [9.17, 15) is 14.7 Å². The summed E-state index contributed by atoms with van der Waals surface area (Å²) in [6.07, 6.45) is 3.54. The SMILES string of the molecule is CC(C)C(=O)N1CCC(O)(CN2C=Nc3ccccc3C2C=O)CC1. The maximum absolute atomic E-state index is 12.1. The number of carbonyl (C=O) groups is 2. The Hall–Kier alpha value is -2.21. The molecule has 2 aliphatic heterocycles. The van der Waals surface area contributed by atoms with Crippen LogP contribution < -0.4 is 0 Å². The Morgan fingerprint density at radius 2 is 2.04 bits per heavy atom. The zero-order valence-corrected chi connectivity index (χ0v) is 14.8. The first-order valence-electron chi connectivity index (χ1n) is 8.79. The highest BCUT2D eigenvalue weighted by molar-refractivity contribution is 5.78. The van der Waals surface area contributed by atoms with Gasteiger partial charge in [-0.15, -0.1) is 0 Å². The van der Waals surface area contributed by atoms with Gasteiger partial charge in [-0.25, -0.2) is 4.99 Å². The number of β-amino-alcohol motifs (C(OH)–C–C–N with tert-alkyl or cyclic N) is 1. The maximum atomic E-state index is 12.1. The predicted molar refractivity (Wildman–Crippen MR) is 95.7 cm³/mol. The normalized spacial score (nSPS) is 22.0. The fraction of sp³-hybridized carbons (Fsp3) is 0.526. The zero-order chi connectivity index (χ0) is 18.0. The average Bonchev–Trinajstić information content (AvgIpc) is 2.61. The van der Waals surface area contributed by atoms with Crippen molar-refractivity contribution in [3.05, 3.63) is 29.8 Å². The number of hydrogen-bond acceptors (Lipinski definition) is 5. The molecule has 1 fully saturated rings. The lowest BCUT2D eigenvalue weighted by Gasteiger charge is -2.42. The van der Waals surface area contributed by atoms with E-state index in [4.69, 9.17) is 0 Å². The second kappa shape index (κ2) is 6.96. The number of hydrogen-bond donors (Lipinski definition) is 1. The molecule has 134 valence electrons. The fourth-order valence-corrected chi connectivity index (χ4v) is 3.54. The molecule has 2 heterocycles. The summed E-state index contributed by atoms with van der Waals surface area (Å²) in [6, 6.07) is 7.12. The van der Waals surface area contributed by atoms with Crippen LogP contribution in [0.15, 0.2) is 29.3 Å². The zero-order valence-electron chi connectivity index (χ0n) is 14.8. The molecule has 25 heavy (non-hydrogen) atoms. The Bertz CT molecular complexity index is 678. The van der Waals surface area contributed by atoms with Crippen molar-refractivity contribution in [2.24, 2.45) is 10.9 Å². The molecule has 6 nitrogen and oxygen atoms in total. The van der Waals surface area contributed by atoms with Gasteiger partial charge in [0.1, 0.15) is 12.3 Å². The standard InChI is InChI=1S/C19H25N3O3/c1-14(2)18(24)21-9-7-19(25,8-10-21)12-22-13-20-16-6-4-3-5-15(16)17(22)11-23/h3-6,11,13-14,17,25H,7-10,12H2,1-2H3. The number of para-hydroxylation sites is 1. The number of benzene rings is 1. The Morgan fingerprint density at radius 1 is 1.36 bits per heavy atom. The van der Waals surface area contributed by atoms with Crippen molar-refractivity contribution in [1.29, 1.82) is 0 Å². The van der Waals surface area contributed by atoms with Gasteiger partial charge in [0.05, 0.1) is 17.6 Å². The van der Waals surface area contributed by atoms with Gasteiger partial charge >= 0.3 is 0 Å². The number of fused-ring (bicyclic) bond motifs is 1. The van der Waals surface area contributed by atoms with Crippen molar-refractivity contribution in [2.75, 3.05) is 19.6 Å². The van der Waals surface area contributed by atoms with Crippen LogP contribution in [-0.2, 0) is 9.59 Å². The minimum absolute atomic E-state index is 0.0311. The van der Waals surface area contributed by atoms with Crippen molar-refractivity contribution in [1.82, 2.24) is 9.80 Å². The molecule has 0 aliphatic carbocycles. The van der Waals surface area contributed by atoms with Gasteiger partial charge in [0, 0.05) is 31.1 Å². The number of carbonyl (C=O) groups excluding carboxylic acids is 2.